The Morgan fingerprint density at radius 1 is 1.19 bits per heavy atom. The maximum absolute atomic E-state index is 11.7. The molecule has 0 heterocycles. The SMILES string of the molecule is CCN(CC)S(=O)(=O)NN=C1CCCCC1. The summed E-state index contributed by atoms with van der Waals surface area (Å²) in [4.78, 5) is 2.32. The monoisotopic (exact) mass is 247 g/mol. The Balaban J connectivity index is 2.58. The number of hydrogen-bond acceptors (Lipinski definition) is 3. The van der Waals surface area contributed by atoms with Crippen molar-refractivity contribution in [3.8, 4) is 0 Å². The van der Waals surface area contributed by atoms with Crippen molar-refractivity contribution in [2.75, 3.05) is 13.1 Å². The molecule has 1 aliphatic rings. The summed E-state index contributed by atoms with van der Waals surface area (Å²) in [5.41, 5.74) is 0.974. The number of rotatable bonds is 5. The third-order valence-corrected chi connectivity index (χ3v) is 4.31. The fourth-order valence-electron chi connectivity index (χ4n) is 1.82. The van der Waals surface area contributed by atoms with E-state index in [-0.39, 0.29) is 0 Å². The molecule has 0 aliphatic heterocycles. The highest BCUT2D eigenvalue weighted by molar-refractivity contribution is 7.87. The highest BCUT2D eigenvalue weighted by Crippen LogP contribution is 2.14. The number of nitrogens with one attached hydrogen (secondary N) is 1. The molecule has 0 spiro atoms. The summed E-state index contributed by atoms with van der Waals surface area (Å²) in [6.07, 6.45) is 5.29. The third kappa shape index (κ3) is 3.75. The van der Waals surface area contributed by atoms with Crippen molar-refractivity contribution >= 4 is 15.9 Å². The van der Waals surface area contributed by atoms with Crippen LogP contribution in [0.15, 0.2) is 5.10 Å². The van der Waals surface area contributed by atoms with Gasteiger partial charge in [-0.3, -0.25) is 0 Å². The van der Waals surface area contributed by atoms with Crippen molar-refractivity contribution in [2.45, 2.75) is 46.0 Å². The van der Waals surface area contributed by atoms with Crippen LogP contribution in [-0.2, 0) is 10.2 Å². The van der Waals surface area contributed by atoms with Crippen LogP contribution in [0.2, 0.25) is 0 Å². The number of nitrogens with zero attached hydrogens (tertiary/aromatic N) is 2. The van der Waals surface area contributed by atoms with Gasteiger partial charge in [-0.15, -0.1) is 0 Å². The number of hydrazone groups is 1. The molecule has 0 radical (unpaired) electrons. The summed E-state index contributed by atoms with van der Waals surface area (Å²) >= 11 is 0. The summed E-state index contributed by atoms with van der Waals surface area (Å²) in [6, 6.07) is 0. The van der Waals surface area contributed by atoms with Crippen LogP contribution in [0.4, 0.5) is 0 Å². The average molecular weight is 247 g/mol. The second-order valence-corrected chi connectivity index (χ2v) is 5.57. The van der Waals surface area contributed by atoms with Crippen LogP contribution >= 0.6 is 0 Å². The van der Waals surface area contributed by atoms with E-state index in [0.717, 1.165) is 31.4 Å². The second kappa shape index (κ2) is 6.20. The molecule has 1 fully saturated rings. The molecular weight excluding hydrogens is 226 g/mol. The van der Waals surface area contributed by atoms with Gasteiger partial charge in [0.2, 0.25) is 0 Å². The Morgan fingerprint density at radius 2 is 1.75 bits per heavy atom. The maximum Gasteiger partial charge on any atom is 0.316 e. The molecule has 0 atom stereocenters. The van der Waals surface area contributed by atoms with Gasteiger partial charge < -0.3 is 0 Å². The molecule has 1 aliphatic carbocycles. The Labute approximate surface area is 98.1 Å². The lowest BCUT2D eigenvalue weighted by atomic mass is 9.99. The van der Waals surface area contributed by atoms with Crippen LogP contribution in [0.25, 0.3) is 0 Å². The van der Waals surface area contributed by atoms with Crippen molar-refractivity contribution in [1.82, 2.24) is 9.14 Å². The third-order valence-electron chi connectivity index (χ3n) is 2.80. The maximum atomic E-state index is 11.7. The minimum Gasteiger partial charge on any atom is -0.191 e. The molecule has 0 aromatic rings. The van der Waals surface area contributed by atoms with Gasteiger partial charge in [-0.25, -0.2) is 0 Å². The van der Waals surface area contributed by atoms with Crippen molar-refractivity contribution in [2.24, 2.45) is 5.10 Å². The lowest BCUT2D eigenvalue weighted by Gasteiger charge is -2.18. The first kappa shape index (κ1) is 13.4. The predicted molar refractivity (Wildman–Crippen MR) is 65.5 cm³/mol. The van der Waals surface area contributed by atoms with Crippen molar-refractivity contribution in [3.05, 3.63) is 0 Å². The minimum atomic E-state index is -3.43. The first-order valence-corrected chi connectivity index (χ1v) is 7.36. The van der Waals surface area contributed by atoms with Crippen LogP contribution in [0.1, 0.15) is 46.0 Å². The average Bonchev–Trinajstić information content (AvgIpc) is 2.29. The molecule has 1 saturated carbocycles. The molecule has 0 saturated heterocycles. The molecule has 0 amide bonds. The zero-order valence-electron chi connectivity index (χ0n) is 10.1. The molecule has 16 heavy (non-hydrogen) atoms. The molecule has 1 N–H and O–H groups in total. The van der Waals surface area contributed by atoms with Gasteiger partial charge in [-0.1, -0.05) is 20.3 Å². The molecule has 0 aromatic heterocycles. The molecule has 0 aromatic carbocycles. The van der Waals surface area contributed by atoms with Crippen LogP contribution < -0.4 is 4.83 Å². The summed E-state index contributed by atoms with van der Waals surface area (Å²) in [5, 5.41) is 4.01. The topological polar surface area (TPSA) is 61.8 Å². The van der Waals surface area contributed by atoms with Crippen LogP contribution in [0.5, 0.6) is 0 Å². The smallest absolute Gasteiger partial charge is 0.191 e. The van der Waals surface area contributed by atoms with Crippen molar-refractivity contribution in [3.63, 3.8) is 0 Å². The molecule has 5 nitrogen and oxygen atoms in total. The van der Waals surface area contributed by atoms with Crippen molar-refractivity contribution in [1.29, 1.82) is 0 Å². The summed E-state index contributed by atoms with van der Waals surface area (Å²) < 4.78 is 24.8. The summed E-state index contributed by atoms with van der Waals surface area (Å²) in [7, 11) is -3.43. The first-order chi connectivity index (χ1) is 7.60. The van der Waals surface area contributed by atoms with E-state index in [2.05, 4.69) is 9.93 Å². The Kier molecular flexibility index (Phi) is 5.21. The Bertz CT molecular complexity index is 326. The van der Waals surface area contributed by atoms with E-state index in [1.165, 1.54) is 10.7 Å². The van der Waals surface area contributed by atoms with E-state index in [1.54, 1.807) is 0 Å². The number of hydrogen-bond donors (Lipinski definition) is 1. The molecule has 0 unspecified atom stereocenters. The molecular formula is C10H21N3O2S. The summed E-state index contributed by atoms with van der Waals surface area (Å²) in [5.74, 6) is 0. The van der Waals surface area contributed by atoms with E-state index in [1.807, 2.05) is 13.8 Å². The molecule has 1 rings (SSSR count). The lowest BCUT2D eigenvalue weighted by Crippen LogP contribution is -2.38. The van der Waals surface area contributed by atoms with E-state index in [0.29, 0.717) is 13.1 Å². The van der Waals surface area contributed by atoms with E-state index < -0.39 is 10.2 Å². The van der Waals surface area contributed by atoms with Gasteiger partial charge in [-0.05, 0) is 25.7 Å². The summed E-state index contributed by atoms with van der Waals surface area (Å²) in [6.45, 7) is 4.57. The zero-order valence-corrected chi connectivity index (χ0v) is 10.9. The standard InChI is InChI=1S/C10H21N3O2S/c1-3-13(4-2)16(14,15)12-11-10-8-6-5-7-9-10/h12H,3-9H2,1-2H3. The van der Waals surface area contributed by atoms with Gasteiger partial charge in [-0.2, -0.15) is 22.7 Å². The molecule has 0 bridgehead atoms. The largest absolute Gasteiger partial charge is 0.316 e. The zero-order chi connectivity index (χ0) is 12.0. The van der Waals surface area contributed by atoms with Gasteiger partial charge in [0.25, 0.3) is 0 Å². The van der Waals surface area contributed by atoms with Crippen LogP contribution in [0.3, 0.4) is 0 Å². The Morgan fingerprint density at radius 3 is 2.25 bits per heavy atom. The normalized spacial score (nSPS) is 17.6. The molecule has 94 valence electrons. The van der Waals surface area contributed by atoms with Gasteiger partial charge in [0.15, 0.2) is 0 Å². The predicted octanol–water partition coefficient (Wildman–Crippen LogP) is 1.48. The highest BCUT2D eigenvalue weighted by atomic mass is 32.2. The second-order valence-electron chi connectivity index (χ2n) is 3.92. The van der Waals surface area contributed by atoms with Crippen LogP contribution in [0, 0.1) is 0 Å². The van der Waals surface area contributed by atoms with Gasteiger partial charge >= 0.3 is 10.2 Å². The fourth-order valence-corrected chi connectivity index (χ4v) is 2.85. The van der Waals surface area contributed by atoms with Crippen LogP contribution in [-0.4, -0.2) is 31.5 Å². The fraction of sp³-hybridized carbons (Fsp3) is 0.900. The minimum absolute atomic E-state index is 0.469. The lowest BCUT2D eigenvalue weighted by molar-refractivity contribution is 0.436. The Hall–Kier alpha value is -0.620. The van der Waals surface area contributed by atoms with Gasteiger partial charge in [0.1, 0.15) is 0 Å². The van der Waals surface area contributed by atoms with Crippen molar-refractivity contribution < 1.29 is 8.42 Å². The molecule has 6 heteroatoms. The van der Waals surface area contributed by atoms with Gasteiger partial charge in [0.05, 0.1) is 0 Å². The van der Waals surface area contributed by atoms with E-state index in [4.69, 9.17) is 0 Å². The quantitative estimate of drug-likeness (QED) is 0.748. The first-order valence-electron chi connectivity index (χ1n) is 5.92. The van der Waals surface area contributed by atoms with E-state index in [9.17, 15) is 8.42 Å². The van der Waals surface area contributed by atoms with E-state index >= 15 is 0 Å². The van der Waals surface area contributed by atoms with Gasteiger partial charge in [0, 0.05) is 18.8 Å². The highest BCUT2D eigenvalue weighted by Gasteiger charge is 2.17.